The molecule has 0 saturated carbocycles. The number of rotatable bonds is 6. The third kappa shape index (κ3) is 3.32. The first kappa shape index (κ1) is 15.7. The molecule has 0 aromatic rings. The van der Waals surface area contributed by atoms with E-state index in [-0.39, 0.29) is 6.29 Å². The fraction of sp³-hybridized carbons (Fsp3) is 0.700. The van der Waals surface area contributed by atoms with Crippen LogP contribution < -0.4 is 0 Å². The molecule has 0 aliphatic rings. The minimum absolute atomic E-state index is 0.0692. The van der Waals surface area contributed by atoms with Gasteiger partial charge in [-0.05, 0) is 13.8 Å². The first-order chi connectivity index (χ1) is 7.67. The number of aldehydes is 1. The number of carbonyl (C=O) groups excluding carboxylic acids is 3. The molecule has 0 aromatic heterocycles. The number of Topliss-reactive ketones (excluding diaryl/α,β-unsaturated/α-hetero) is 1. The van der Waals surface area contributed by atoms with Gasteiger partial charge in [-0.25, -0.2) is 0 Å². The molecule has 3 N–H and O–H groups in total. The van der Waals surface area contributed by atoms with Gasteiger partial charge in [0, 0.05) is 6.92 Å². The van der Waals surface area contributed by atoms with E-state index in [9.17, 15) is 29.7 Å². The average Bonchev–Trinajstić information content (AvgIpc) is 2.22. The second-order valence-electron chi connectivity index (χ2n) is 3.73. The van der Waals surface area contributed by atoms with Crippen LogP contribution in [0.2, 0.25) is 0 Å². The van der Waals surface area contributed by atoms with Crippen molar-refractivity contribution in [3.05, 3.63) is 0 Å². The van der Waals surface area contributed by atoms with Gasteiger partial charge in [-0.2, -0.15) is 0 Å². The molecule has 7 nitrogen and oxygen atoms in total. The number of ketones is 1. The van der Waals surface area contributed by atoms with Crippen LogP contribution >= 0.6 is 0 Å². The van der Waals surface area contributed by atoms with Gasteiger partial charge in [-0.3, -0.25) is 9.59 Å². The molecule has 98 valence electrons. The van der Waals surface area contributed by atoms with Crippen LogP contribution in [0.25, 0.3) is 0 Å². The summed E-state index contributed by atoms with van der Waals surface area (Å²) in [6, 6.07) is 0. The Hall–Kier alpha value is -1.31. The summed E-state index contributed by atoms with van der Waals surface area (Å²) in [5, 5.41) is 28.7. The molecule has 0 rings (SSSR count). The maximum Gasteiger partial charge on any atom is 0.303 e. The van der Waals surface area contributed by atoms with Crippen LogP contribution in [0.4, 0.5) is 0 Å². The molecular weight excluding hydrogens is 232 g/mol. The van der Waals surface area contributed by atoms with E-state index in [4.69, 9.17) is 0 Å². The van der Waals surface area contributed by atoms with E-state index in [0.717, 1.165) is 20.8 Å². The number of hydrogen-bond acceptors (Lipinski definition) is 7. The van der Waals surface area contributed by atoms with E-state index in [2.05, 4.69) is 4.74 Å². The zero-order valence-electron chi connectivity index (χ0n) is 9.78. The Morgan fingerprint density at radius 1 is 1.29 bits per heavy atom. The molecule has 0 saturated heterocycles. The van der Waals surface area contributed by atoms with Gasteiger partial charge in [-0.1, -0.05) is 0 Å². The molecule has 0 aliphatic carbocycles. The lowest BCUT2D eigenvalue weighted by molar-refractivity contribution is -0.198. The summed E-state index contributed by atoms with van der Waals surface area (Å²) >= 11 is 0. The normalized spacial score (nSPS) is 19.6. The lowest BCUT2D eigenvalue weighted by Crippen LogP contribution is -2.62. The van der Waals surface area contributed by atoms with Crippen molar-refractivity contribution in [1.82, 2.24) is 0 Å². The second-order valence-corrected chi connectivity index (χ2v) is 3.73. The molecule has 0 unspecified atom stereocenters. The smallest absolute Gasteiger partial charge is 0.303 e. The van der Waals surface area contributed by atoms with Gasteiger partial charge in [0.2, 0.25) is 0 Å². The van der Waals surface area contributed by atoms with E-state index in [1.54, 1.807) is 0 Å². The third-order valence-corrected chi connectivity index (χ3v) is 2.31. The van der Waals surface area contributed by atoms with E-state index in [1.807, 2.05) is 0 Å². The van der Waals surface area contributed by atoms with Crippen LogP contribution in [-0.2, 0) is 19.1 Å². The molecule has 0 bridgehead atoms. The van der Waals surface area contributed by atoms with Crippen molar-refractivity contribution in [3.8, 4) is 0 Å². The van der Waals surface area contributed by atoms with E-state index < -0.39 is 35.7 Å². The Morgan fingerprint density at radius 2 is 1.76 bits per heavy atom. The Balaban J connectivity index is 5.44. The quantitative estimate of drug-likeness (QED) is 0.373. The van der Waals surface area contributed by atoms with Crippen LogP contribution in [-0.4, -0.2) is 57.3 Å². The zero-order chi connectivity index (χ0) is 13.8. The number of aliphatic hydroxyl groups excluding tert-OH is 2. The van der Waals surface area contributed by atoms with Crippen molar-refractivity contribution in [2.45, 2.75) is 44.7 Å². The lowest BCUT2D eigenvalue weighted by atomic mass is 9.84. The number of ether oxygens (including phenoxy) is 1. The highest BCUT2D eigenvalue weighted by atomic mass is 16.6. The minimum atomic E-state index is -2.67. The SMILES string of the molecule is CC(=O)O[C@@H]([C@H](C)O)[C@](O)(C(C)=O)[C@@H](O)C=O. The van der Waals surface area contributed by atoms with Crippen LogP contribution in [0.15, 0.2) is 0 Å². The number of carbonyl (C=O) groups is 3. The van der Waals surface area contributed by atoms with Crippen molar-refractivity contribution < 1.29 is 34.4 Å². The molecule has 0 aliphatic heterocycles. The summed E-state index contributed by atoms with van der Waals surface area (Å²) in [5.74, 6) is -1.86. The van der Waals surface area contributed by atoms with Crippen LogP contribution in [0.5, 0.6) is 0 Å². The van der Waals surface area contributed by atoms with Gasteiger partial charge in [0.05, 0.1) is 6.10 Å². The molecule has 0 fully saturated rings. The third-order valence-electron chi connectivity index (χ3n) is 2.31. The highest BCUT2D eigenvalue weighted by molar-refractivity contribution is 5.90. The Labute approximate surface area is 98.0 Å². The molecule has 0 radical (unpaired) electrons. The maximum atomic E-state index is 11.3. The molecule has 0 heterocycles. The van der Waals surface area contributed by atoms with E-state index in [1.165, 1.54) is 0 Å². The summed E-state index contributed by atoms with van der Waals surface area (Å²) in [6.45, 7) is 3.06. The summed E-state index contributed by atoms with van der Waals surface area (Å²) in [5.41, 5.74) is -2.67. The van der Waals surface area contributed by atoms with Crippen LogP contribution in [0, 0.1) is 0 Å². The monoisotopic (exact) mass is 248 g/mol. The van der Waals surface area contributed by atoms with Gasteiger partial charge >= 0.3 is 5.97 Å². The van der Waals surface area contributed by atoms with E-state index in [0.29, 0.717) is 0 Å². The van der Waals surface area contributed by atoms with Gasteiger partial charge in [0.1, 0.15) is 6.10 Å². The van der Waals surface area contributed by atoms with Crippen LogP contribution in [0.1, 0.15) is 20.8 Å². The number of aliphatic hydroxyl groups is 3. The predicted octanol–water partition coefficient (Wildman–Crippen LogP) is -1.82. The molecule has 0 spiro atoms. The Kier molecular flexibility index (Phi) is 5.40. The Morgan fingerprint density at radius 3 is 2.00 bits per heavy atom. The Bertz CT molecular complexity index is 312. The molecular formula is C10H16O7. The molecule has 17 heavy (non-hydrogen) atoms. The standard InChI is InChI=1S/C10H16O7/c1-5(12)9(17-7(3)14)10(16,6(2)13)8(15)4-11/h4-5,8-9,12,15-16H,1-3H3/t5-,8-,9-,10-/m0/s1. The molecule has 0 aromatic carbocycles. The largest absolute Gasteiger partial charge is 0.456 e. The second kappa shape index (κ2) is 5.85. The lowest BCUT2D eigenvalue weighted by Gasteiger charge is -2.36. The van der Waals surface area contributed by atoms with Gasteiger partial charge in [0.25, 0.3) is 0 Å². The summed E-state index contributed by atoms with van der Waals surface area (Å²) < 4.78 is 4.58. The van der Waals surface area contributed by atoms with Gasteiger partial charge in [0.15, 0.2) is 23.8 Å². The maximum absolute atomic E-state index is 11.3. The minimum Gasteiger partial charge on any atom is -0.456 e. The highest BCUT2D eigenvalue weighted by Gasteiger charge is 2.52. The van der Waals surface area contributed by atoms with Crippen molar-refractivity contribution in [2.24, 2.45) is 0 Å². The molecule has 0 amide bonds. The van der Waals surface area contributed by atoms with Crippen molar-refractivity contribution in [3.63, 3.8) is 0 Å². The fourth-order valence-corrected chi connectivity index (χ4v) is 1.42. The van der Waals surface area contributed by atoms with Gasteiger partial charge in [-0.15, -0.1) is 0 Å². The predicted molar refractivity (Wildman–Crippen MR) is 54.9 cm³/mol. The summed E-state index contributed by atoms with van der Waals surface area (Å²) in [6.07, 6.45) is -5.33. The number of esters is 1. The van der Waals surface area contributed by atoms with Crippen molar-refractivity contribution in [2.75, 3.05) is 0 Å². The summed E-state index contributed by atoms with van der Waals surface area (Å²) in [4.78, 5) is 32.6. The molecule has 7 heteroatoms. The average molecular weight is 248 g/mol. The fourth-order valence-electron chi connectivity index (χ4n) is 1.42. The first-order valence-corrected chi connectivity index (χ1v) is 4.90. The van der Waals surface area contributed by atoms with E-state index >= 15 is 0 Å². The summed E-state index contributed by atoms with van der Waals surface area (Å²) in [7, 11) is 0. The van der Waals surface area contributed by atoms with Crippen LogP contribution in [0.3, 0.4) is 0 Å². The highest BCUT2D eigenvalue weighted by Crippen LogP contribution is 2.23. The first-order valence-electron chi connectivity index (χ1n) is 4.90. The van der Waals surface area contributed by atoms with Crippen molar-refractivity contribution in [1.29, 1.82) is 0 Å². The van der Waals surface area contributed by atoms with Crippen molar-refractivity contribution >= 4 is 18.0 Å². The zero-order valence-corrected chi connectivity index (χ0v) is 9.78. The topological polar surface area (TPSA) is 121 Å². The van der Waals surface area contributed by atoms with Gasteiger partial charge < -0.3 is 24.9 Å². The number of hydrogen-bond donors (Lipinski definition) is 3. The molecule has 4 atom stereocenters.